The molecule has 1 amide bonds. The van der Waals surface area contributed by atoms with Crippen LogP contribution in [0.25, 0.3) is 0 Å². The van der Waals surface area contributed by atoms with Gasteiger partial charge in [0.1, 0.15) is 18.2 Å². The molecule has 1 aliphatic heterocycles. The number of ether oxygens (including phenoxy) is 1. The molecule has 6 nitrogen and oxygen atoms in total. The Balaban J connectivity index is 1.92. The van der Waals surface area contributed by atoms with Gasteiger partial charge in [-0.1, -0.05) is 0 Å². The SMILES string of the molecule is COCC(=O)NCc1nccc(N2CCCCC2)n1. The molecule has 104 valence electrons. The molecule has 0 saturated carbocycles. The summed E-state index contributed by atoms with van der Waals surface area (Å²) in [6, 6.07) is 1.92. The molecule has 0 radical (unpaired) electrons. The van der Waals surface area contributed by atoms with Gasteiger partial charge in [0.25, 0.3) is 0 Å². The normalized spacial score (nSPS) is 15.3. The lowest BCUT2D eigenvalue weighted by atomic mass is 10.1. The molecule has 2 rings (SSSR count). The molecule has 2 heterocycles. The molecule has 0 atom stereocenters. The van der Waals surface area contributed by atoms with Crippen molar-refractivity contribution in [1.82, 2.24) is 15.3 Å². The third-order valence-corrected chi connectivity index (χ3v) is 3.09. The van der Waals surface area contributed by atoms with Crippen molar-refractivity contribution in [3.05, 3.63) is 18.1 Å². The minimum atomic E-state index is -0.158. The van der Waals surface area contributed by atoms with E-state index in [0.717, 1.165) is 18.9 Å². The van der Waals surface area contributed by atoms with E-state index in [9.17, 15) is 4.79 Å². The number of hydrogen-bond donors (Lipinski definition) is 1. The zero-order chi connectivity index (χ0) is 13.5. The number of amides is 1. The summed E-state index contributed by atoms with van der Waals surface area (Å²) in [5.41, 5.74) is 0. The van der Waals surface area contributed by atoms with Crippen LogP contribution >= 0.6 is 0 Å². The lowest BCUT2D eigenvalue weighted by Gasteiger charge is -2.27. The first-order valence-electron chi connectivity index (χ1n) is 6.62. The second kappa shape index (κ2) is 7.04. The monoisotopic (exact) mass is 264 g/mol. The summed E-state index contributed by atoms with van der Waals surface area (Å²) in [6.07, 6.45) is 5.46. The Morgan fingerprint density at radius 1 is 1.42 bits per heavy atom. The van der Waals surface area contributed by atoms with E-state index in [1.54, 1.807) is 6.20 Å². The summed E-state index contributed by atoms with van der Waals surface area (Å²) in [4.78, 5) is 22.2. The minimum Gasteiger partial charge on any atom is -0.375 e. The first-order valence-corrected chi connectivity index (χ1v) is 6.62. The molecule has 0 spiro atoms. The van der Waals surface area contributed by atoms with Crippen LogP contribution in [0.5, 0.6) is 0 Å². The molecule has 0 bridgehead atoms. The van der Waals surface area contributed by atoms with Gasteiger partial charge in [-0.2, -0.15) is 0 Å². The van der Waals surface area contributed by atoms with Crippen molar-refractivity contribution >= 4 is 11.7 Å². The number of rotatable bonds is 5. The molecule has 0 aliphatic carbocycles. The Bertz CT molecular complexity index is 419. The molecule has 0 aromatic carbocycles. The van der Waals surface area contributed by atoms with Gasteiger partial charge in [-0.25, -0.2) is 9.97 Å². The lowest BCUT2D eigenvalue weighted by Crippen LogP contribution is -2.31. The van der Waals surface area contributed by atoms with E-state index in [1.807, 2.05) is 6.07 Å². The second-order valence-corrected chi connectivity index (χ2v) is 4.59. The number of methoxy groups -OCH3 is 1. The van der Waals surface area contributed by atoms with Crippen LogP contribution in [0.3, 0.4) is 0 Å². The van der Waals surface area contributed by atoms with Crippen molar-refractivity contribution in [1.29, 1.82) is 0 Å². The quantitative estimate of drug-likeness (QED) is 0.849. The van der Waals surface area contributed by atoms with Crippen molar-refractivity contribution in [2.45, 2.75) is 25.8 Å². The van der Waals surface area contributed by atoms with Crippen LogP contribution in [0.4, 0.5) is 5.82 Å². The third kappa shape index (κ3) is 4.17. The van der Waals surface area contributed by atoms with Crippen LogP contribution in [0.15, 0.2) is 12.3 Å². The molecule has 1 aliphatic rings. The number of nitrogens with one attached hydrogen (secondary N) is 1. The van der Waals surface area contributed by atoms with Crippen LogP contribution in [0.1, 0.15) is 25.1 Å². The number of anilines is 1. The van der Waals surface area contributed by atoms with Gasteiger partial charge in [0, 0.05) is 26.4 Å². The van der Waals surface area contributed by atoms with Crippen LogP contribution in [0.2, 0.25) is 0 Å². The molecule has 1 aromatic heterocycles. The maximum Gasteiger partial charge on any atom is 0.246 e. The maximum atomic E-state index is 11.3. The van der Waals surface area contributed by atoms with Crippen molar-refractivity contribution in [3.8, 4) is 0 Å². The molecule has 1 N–H and O–H groups in total. The van der Waals surface area contributed by atoms with Crippen molar-refractivity contribution in [2.24, 2.45) is 0 Å². The first-order chi connectivity index (χ1) is 9.29. The summed E-state index contributed by atoms with van der Waals surface area (Å²) in [7, 11) is 1.49. The summed E-state index contributed by atoms with van der Waals surface area (Å²) in [5, 5.41) is 2.72. The fraction of sp³-hybridized carbons (Fsp3) is 0.615. The Hall–Kier alpha value is -1.69. The van der Waals surface area contributed by atoms with Crippen LogP contribution in [0, 0.1) is 0 Å². The van der Waals surface area contributed by atoms with Crippen molar-refractivity contribution < 1.29 is 9.53 Å². The Kier molecular flexibility index (Phi) is 5.09. The number of carbonyl (C=O) groups is 1. The predicted octanol–water partition coefficient (Wildman–Crippen LogP) is 0.729. The lowest BCUT2D eigenvalue weighted by molar-refractivity contribution is -0.124. The predicted molar refractivity (Wildman–Crippen MR) is 71.8 cm³/mol. The van der Waals surface area contributed by atoms with Gasteiger partial charge in [0.05, 0.1) is 6.54 Å². The molecule has 1 saturated heterocycles. The van der Waals surface area contributed by atoms with E-state index in [-0.39, 0.29) is 12.5 Å². The maximum absolute atomic E-state index is 11.3. The Morgan fingerprint density at radius 3 is 2.95 bits per heavy atom. The van der Waals surface area contributed by atoms with Crippen LogP contribution < -0.4 is 10.2 Å². The molecule has 6 heteroatoms. The van der Waals surface area contributed by atoms with Gasteiger partial charge < -0.3 is 15.0 Å². The number of aromatic nitrogens is 2. The third-order valence-electron chi connectivity index (χ3n) is 3.09. The zero-order valence-corrected chi connectivity index (χ0v) is 11.3. The van der Waals surface area contributed by atoms with Gasteiger partial charge in [0.15, 0.2) is 0 Å². The smallest absolute Gasteiger partial charge is 0.246 e. The van der Waals surface area contributed by atoms with Gasteiger partial charge in [-0.05, 0) is 25.3 Å². The number of carbonyl (C=O) groups excluding carboxylic acids is 1. The second-order valence-electron chi connectivity index (χ2n) is 4.59. The summed E-state index contributed by atoms with van der Waals surface area (Å²) in [6.45, 7) is 2.49. The van der Waals surface area contributed by atoms with E-state index in [2.05, 4.69) is 20.2 Å². The number of hydrogen-bond acceptors (Lipinski definition) is 5. The fourth-order valence-electron chi connectivity index (χ4n) is 2.13. The van der Waals surface area contributed by atoms with E-state index in [4.69, 9.17) is 4.74 Å². The van der Waals surface area contributed by atoms with E-state index < -0.39 is 0 Å². The summed E-state index contributed by atoms with van der Waals surface area (Å²) in [5.74, 6) is 1.42. The van der Waals surface area contributed by atoms with Crippen molar-refractivity contribution in [2.75, 3.05) is 31.7 Å². The molecule has 0 unspecified atom stereocenters. The van der Waals surface area contributed by atoms with Gasteiger partial charge >= 0.3 is 0 Å². The fourth-order valence-corrected chi connectivity index (χ4v) is 2.13. The van der Waals surface area contributed by atoms with E-state index in [0.29, 0.717) is 12.4 Å². The number of piperidine rings is 1. The average molecular weight is 264 g/mol. The Morgan fingerprint density at radius 2 is 2.21 bits per heavy atom. The highest BCUT2D eigenvalue weighted by Crippen LogP contribution is 2.16. The molecule has 19 heavy (non-hydrogen) atoms. The molecular weight excluding hydrogens is 244 g/mol. The molecule has 1 fully saturated rings. The van der Waals surface area contributed by atoms with Gasteiger partial charge in [-0.3, -0.25) is 4.79 Å². The van der Waals surface area contributed by atoms with E-state index in [1.165, 1.54) is 26.4 Å². The molecular formula is C13H20N4O2. The minimum absolute atomic E-state index is 0.0613. The first kappa shape index (κ1) is 13.7. The molecule has 1 aromatic rings. The standard InChI is InChI=1S/C13H20N4O2/c1-19-10-13(18)15-9-11-14-6-5-12(16-11)17-7-3-2-4-8-17/h5-6H,2-4,7-10H2,1H3,(H,15,18). The van der Waals surface area contributed by atoms with Crippen LogP contribution in [-0.2, 0) is 16.1 Å². The Labute approximate surface area is 113 Å². The number of nitrogens with zero attached hydrogens (tertiary/aromatic N) is 3. The summed E-state index contributed by atoms with van der Waals surface area (Å²) < 4.78 is 4.75. The van der Waals surface area contributed by atoms with Gasteiger partial charge in [-0.15, -0.1) is 0 Å². The van der Waals surface area contributed by atoms with E-state index >= 15 is 0 Å². The topological polar surface area (TPSA) is 67.3 Å². The van der Waals surface area contributed by atoms with Gasteiger partial charge in [0.2, 0.25) is 5.91 Å². The highest BCUT2D eigenvalue weighted by Gasteiger charge is 2.12. The largest absolute Gasteiger partial charge is 0.375 e. The average Bonchev–Trinajstić information content (AvgIpc) is 2.47. The van der Waals surface area contributed by atoms with Crippen molar-refractivity contribution in [3.63, 3.8) is 0 Å². The summed E-state index contributed by atoms with van der Waals surface area (Å²) >= 11 is 0. The highest BCUT2D eigenvalue weighted by molar-refractivity contribution is 5.77. The highest BCUT2D eigenvalue weighted by atomic mass is 16.5. The zero-order valence-electron chi connectivity index (χ0n) is 11.3. The van der Waals surface area contributed by atoms with Crippen LogP contribution in [-0.4, -0.2) is 42.7 Å².